The van der Waals surface area contributed by atoms with Crippen molar-refractivity contribution in [3.63, 3.8) is 0 Å². The van der Waals surface area contributed by atoms with Crippen molar-refractivity contribution in [1.29, 1.82) is 0 Å². The zero-order valence-corrected chi connectivity index (χ0v) is 13.4. The van der Waals surface area contributed by atoms with Crippen molar-refractivity contribution in [3.8, 4) is 0 Å². The summed E-state index contributed by atoms with van der Waals surface area (Å²) in [4.78, 5) is 12.1. The molecule has 2 aliphatic rings. The van der Waals surface area contributed by atoms with Crippen LogP contribution in [0.5, 0.6) is 0 Å². The Morgan fingerprint density at radius 2 is 2.14 bits per heavy atom. The fraction of sp³-hybridized carbons (Fsp3) is 0.750. The van der Waals surface area contributed by atoms with E-state index in [1.54, 1.807) is 6.20 Å². The van der Waals surface area contributed by atoms with E-state index in [1.165, 1.54) is 25.7 Å². The smallest absolute Gasteiger partial charge is 0.319 e. The molecule has 3 N–H and O–H groups in total. The minimum Gasteiger partial charge on any atom is -0.396 e. The maximum atomic E-state index is 12.1. The first-order valence-electron chi connectivity index (χ1n) is 8.33. The first-order valence-corrected chi connectivity index (χ1v) is 8.33. The van der Waals surface area contributed by atoms with Crippen molar-refractivity contribution in [1.82, 2.24) is 15.1 Å². The number of carbonyl (C=O) groups excluding carboxylic acids is 1. The van der Waals surface area contributed by atoms with Crippen LogP contribution in [0.15, 0.2) is 6.20 Å². The van der Waals surface area contributed by atoms with Crippen LogP contribution >= 0.6 is 0 Å². The van der Waals surface area contributed by atoms with Crippen LogP contribution in [-0.4, -0.2) is 34.1 Å². The number of nitrogens with zero attached hydrogens (tertiary/aromatic N) is 2. The normalized spacial score (nSPS) is 19.3. The lowest BCUT2D eigenvalue weighted by molar-refractivity contribution is 0.204. The van der Waals surface area contributed by atoms with Crippen LogP contribution in [0.4, 0.5) is 10.5 Å². The zero-order chi connectivity index (χ0) is 15.7. The van der Waals surface area contributed by atoms with Crippen molar-refractivity contribution >= 4 is 11.7 Å². The van der Waals surface area contributed by atoms with E-state index in [-0.39, 0.29) is 18.6 Å². The molecule has 0 radical (unpaired) electrons. The molecule has 0 unspecified atom stereocenters. The molecule has 1 heterocycles. The number of carbonyl (C=O) groups is 1. The Balaban J connectivity index is 1.59. The number of aromatic nitrogens is 2. The Bertz CT molecular complexity index is 532. The van der Waals surface area contributed by atoms with Gasteiger partial charge in [0, 0.05) is 31.0 Å². The standard InChI is InChI=1S/C16H26N4O2/c1-10(2)20-15(12-5-6-12)14(8-18-20)19-16(22)17-7-13(9-21)11-3-4-11/h8,10-13,21H,3-7,9H2,1-2H3,(H2,17,19,22)/t13-/m0/s1. The third-order valence-electron chi connectivity index (χ3n) is 4.58. The molecule has 2 saturated carbocycles. The molecule has 1 aromatic heterocycles. The van der Waals surface area contributed by atoms with Gasteiger partial charge in [-0.15, -0.1) is 0 Å². The van der Waals surface area contributed by atoms with Gasteiger partial charge in [-0.25, -0.2) is 4.79 Å². The summed E-state index contributed by atoms with van der Waals surface area (Å²) >= 11 is 0. The highest BCUT2D eigenvalue weighted by Crippen LogP contribution is 2.44. The first kappa shape index (κ1) is 15.3. The highest BCUT2D eigenvalue weighted by molar-refractivity contribution is 5.89. The van der Waals surface area contributed by atoms with E-state index in [0.29, 0.717) is 24.4 Å². The lowest BCUT2D eigenvalue weighted by Gasteiger charge is -2.15. The fourth-order valence-corrected chi connectivity index (χ4v) is 2.98. The molecule has 3 rings (SSSR count). The summed E-state index contributed by atoms with van der Waals surface area (Å²) < 4.78 is 2.01. The van der Waals surface area contributed by atoms with E-state index in [2.05, 4.69) is 29.6 Å². The number of rotatable bonds is 7. The third kappa shape index (κ3) is 3.43. The Labute approximate surface area is 131 Å². The van der Waals surface area contributed by atoms with Crippen LogP contribution in [0, 0.1) is 11.8 Å². The largest absolute Gasteiger partial charge is 0.396 e. The van der Waals surface area contributed by atoms with Crippen LogP contribution in [0.2, 0.25) is 0 Å². The van der Waals surface area contributed by atoms with Gasteiger partial charge < -0.3 is 15.7 Å². The Kier molecular flexibility index (Phi) is 4.38. The molecule has 0 spiro atoms. The van der Waals surface area contributed by atoms with Gasteiger partial charge in [-0.1, -0.05) is 0 Å². The summed E-state index contributed by atoms with van der Waals surface area (Å²) in [6, 6.07) is 0.0900. The average molecular weight is 306 g/mol. The van der Waals surface area contributed by atoms with Gasteiger partial charge in [0.15, 0.2) is 0 Å². The van der Waals surface area contributed by atoms with Crippen LogP contribution in [0.3, 0.4) is 0 Å². The van der Waals surface area contributed by atoms with Crippen LogP contribution < -0.4 is 10.6 Å². The summed E-state index contributed by atoms with van der Waals surface area (Å²) in [7, 11) is 0. The molecule has 2 aliphatic carbocycles. The molecule has 1 aromatic rings. The lowest BCUT2D eigenvalue weighted by Crippen LogP contribution is -2.35. The first-order chi connectivity index (χ1) is 10.6. The van der Waals surface area contributed by atoms with Gasteiger partial charge in [-0.05, 0) is 45.4 Å². The Morgan fingerprint density at radius 1 is 1.41 bits per heavy atom. The molecule has 22 heavy (non-hydrogen) atoms. The van der Waals surface area contributed by atoms with Crippen molar-refractivity contribution in [2.24, 2.45) is 11.8 Å². The molecular formula is C16H26N4O2. The molecule has 2 amide bonds. The molecule has 0 aliphatic heterocycles. The Hall–Kier alpha value is -1.56. The van der Waals surface area contributed by atoms with Crippen LogP contribution in [0.25, 0.3) is 0 Å². The molecule has 2 fully saturated rings. The SMILES string of the molecule is CC(C)n1ncc(NC(=O)NC[C@@H](CO)C2CC2)c1C1CC1. The number of nitrogens with one attached hydrogen (secondary N) is 2. The summed E-state index contributed by atoms with van der Waals surface area (Å²) in [6.45, 7) is 4.88. The van der Waals surface area contributed by atoms with E-state index in [1.807, 2.05) is 4.68 Å². The van der Waals surface area contributed by atoms with Crippen molar-refractivity contribution in [3.05, 3.63) is 11.9 Å². The molecule has 122 valence electrons. The third-order valence-corrected chi connectivity index (χ3v) is 4.58. The fourth-order valence-electron chi connectivity index (χ4n) is 2.98. The zero-order valence-electron chi connectivity index (χ0n) is 13.4. The summed E-state index contributed by atoms with van der Waals surface area (Å²) in [5, 5.41) is 19.6. The number of aliphatic hydroxyl groups is 1. The number of anilines is 1. The number of hydrogen-bond acceptors (Lipinski definition) is 3. The van der Waals surface area contributed by atoms with E-state index in [9.17, 15) is 9.90 Å². The number of aliphatic hydroxyl groups excluding tert-OH is 1. The summed E-state index contributed by atoms with van der Waals surface area (Å²) in [5.41, 5.74) is 1.96. The van der Waals surface area contributed by atoms with Crippen molar-refractivity contribution in [2.45, 2.75) is 51.5 Å². The number of urea groups is 1. The second kappa shape index (κ2) is 6.28. The van der Waals surface area contributed by atoms with Gasteiger partial charge >= 0.3 is 6.03 Å². The predicted molar refractivity (Wildman–Crippen MR) is 84.9 cm³/mol. The van der Waals surface area contributed by atoms with Crippen LogP contribution in [-0.2, 0) is 0 Å². The summed E-state index contributed by atoms with van der Waals surface area (Å²) in [6.07, 6.45) is 6.42. The molecule has 1 atom stereocenters. The molecule has 0 bridgehead atoms. The van der Waals surface area contributed by atoms with Crippen LogP contribution in [0.1, 0.15) is 57.2 Å². The maximum Gasteiger partial charge on any atom is 0.319 e. The molecular weight excluding hydrogens is 280 g/mol. The van der Waals surface area contributed by atoms with Gasteiger partial charge in [-0.3, -0.25) is 4.68 Å². The minimum atomic E-state index is -0.204. The minimum absolute atomic E-state index is 0.142. The summed E-state index contributed by atoms with van der Waals surface area (Å²) in [5.74, 6) is 1.29. The second-order valence-electron chi connectivity index (χ2n) is 6.87. The highest BCUT2D eigenvalue weighted by Gasteiger charge is 2.32. The quantitative estimate of drug-likeness (QED) is 0.724. The maximum absolute atomic E-state index is 12.1. The van der Waals surface area contributed by atoms with Gasteiger partial charge in [0.25, 0.3) is 0 Å². The number of hydrogen-bond donors (Lipinski definition) is 3. The van der Waals surface area contributed by atoms with Gasteiger partial charge in [0.2, 0.25) is 0 Å². The average Bonchev–Trinajstić information content (AvgIpc) is 3.39. The topological polar surface area (TPSA) is 79.2 Å². The Morgan fingerprint density at radius 3 is 2.68 bits per heavy atom. The highest BCUT2D eigenvalue weighted by atomic mass is 16.3. The van der Waals surface area contributed by atoms with E-state index in [4.69, 9.17) is 0 Å². The van der Waals surface area contributed by atoms with E-state index < -0.39 is 0 Å². The van der Waals surface area contributed by atoms with E-state index >= 15 is 0 Å². The van der Waals surface area contributed by atoms with Crippen molar-refractivity contribution < 1.29 is 9.90 Å². The lowest BCUT2D eigenvalue weighted by atomic mass is 10.1. The molecule has 6 heteroatoms. The second-order valence-corrected chi connectivity index (χ2v) is 6.87. The number of amides is 2. The van der Waals surface area contributed by atoms with Gasteiger partial charge in [0.1, 0.15) is 0 Å². The molecule has 6 nitrogen and oxygen atoms in total. The van der Waals surface area contributed by atoms with Gasteiger partial charge in [-0.2, -0.15) is 5.10 Å². The molecule has 0 saturated heterocycles. The van der Waals surface area contributed by atoms with Crippen molar-refractivity contribution in [2.75, 3.05) is 18.5 Å². The monoisotopic (exact) mass is 306 g/mol. The van der Waals surface area contributed by atoms with E-state index in [0.717, 1.165) is 11.4 Å². The molecule has 0 aromatic carbocycles. The van der Waals surface area contributed by atoms with Gasteiger partial charge in [0.05, 0.1) is 17.6 Å². The predicted octanol–water partition coefficient (Wildman–Crippen LogP) is 2.48.